The molecule has 0 bridgehead atoms. The Morgan fingerprint density at radius 3 is 2.21 bits per heavy atom. The van der Waals surface area contributed by atoms with E-state index in [9.17, 15) is 17.6 Å². The second-order valence-corrected chi connectivity index (χ2v) is 8.52. The summed E-state index contributed by atoms with van der Waals surface area (Å²) >= 11 is 0. The standard InChI is InChI=1S/C20H20FN3O4S/c1-15(28-18-6-2-16(14-22)3-7-18)20(25)23-10-12-24(13-11-23)29(26,27)19-8-4-17(21)5-9-19/h2-9,15H,10-13H2,1H3/t15-/m0/s1. The van der Waals surface area contributed by atoms with Crippen molar-refractivity contribution in [2.45, 2.75) is 17.9 Å². The van der Waals surface area contributed by atoms with Gasteiger partial charge < -0.3 is 9.64 Å². The van der Waals surface area contributed by atoms with Gasteiger partial charge in [0, 0.05) is 26.2 Å². The Morgan fingerprint density at radius 1 is 1.07 bits per heavy atom. The van der Waals surface area contributed by atoms with Gasteiger partial charge in [-0.05, 0) is 55.5 Å². The third-order valence-electron chi connectivity index (χ3n) is 4.65. The first kappa shape index (κ1) is 20.8. The zero-order valence-corrected chi connectivity index (χ0v) is 16.6. The Bertz CT molecular complexity index is 1010. The number of piperazine rings is 1. The first-order chi connectivity index (χ1) is 13.8. The van der Waals surface area contributed by atoms with Gasteiger partial charge in [-0.25, -0.2) is 12.8 Å². The molecule has 3 rings (SSSR count). The van der Waals surface area contributed by atoms with Crippen LogP contribution >= 0.6 is 0 Å². The molecule has 1 aliphatic rings. The summed E-state index contributed by atoms with van der Waals surface area (Å²) in [5, 5.41) is 8.82. The lowest BCUT2D eigenvalue weighted by molar-refractivity contribution is -0.139. The molecule has 1 amide bonds. The zero-order valence-electron chi connectivity index (χ0n) is 15.8. The molecule has 0 aromatic heterocycles. The quantitative estimate of drug-likeness (QED) is 0.742. The predicted molar refractivity (Wildman–Crippen MR) is 103 cm³/mol. The highest BCUT2D eigenvalue weighted by atomic mass is 32.2. The average molecular weight is 417 g/mol. The summed E-state index contributed by atoms with van der Waals surface area (Å²) in [4.78, 5) is 14.2. The molecular formula is C20H20FN3O4S. The maximum atomic E-state index is 13.0. The van der Waals surface area contributed by atoms with Crippen molar-refractivity contribution >= 4 is 15.9 Å². The SMILES string of the molecule is C[C@H](Oc1ccc(C#N)cc1)C(=O)N1CCN(S(=O)(=O)c2ccc(F)cc2)CC1. The summed E-state index contributed by atoms with van der Waals surface area (Å²) < 4.78 is 45.3. The van der Waals surface area contributed by atoms with Gasteiger partial charge in [-0.2, -0.15) is 9.57 Å². The van der Waals surface area contributed by atoms with E-state index in [-0.39, 0.29) is 37.0 Å². The van der Waals surface area contributed by atoms with E-state index < -0.39 is 21.9 Å². The molecule has 0 N–H and O–H groups in total. The van der Waals surface area contributed by atoms with Crippen molar-refractivity contribution in [1.82, 2.24) is 9.21 Å². The van der Waals surface area contributed by atoms with Crippen molar-refractivity contribution in [3.05, 3.63) is 59.9 Å². The van der Waals surface area contributed by atoms with Gasteiger partial charge in [-0.15, -0.1) is 0 Å². The molecule has 29 heavy (non-hydrogen) atoms. The molecule has 0 aliphatic carbocycles. The van der Waals surface area contributed by atoms with Crippen LogP contribution in [-0.2, 0) is 14.8 Å². The summed E-state index contributed by atoms with van der Waals surface area (Å²) in [6, 6.07) is 13.1. The Balaban J connectivity index is 1.58. The zero-order chi connectivity index (χ0) is 21.0. The molecule has 1 aliphatic heterocycles. The predicted octanol–water partition coefficient (Wildman–Crippen LogP) is 2.00. The van der Waals surface area contributed by atoms with E-state index in [1.54, 1.807) is 36.1 Å². The molecule has 2 aromatic carbocycles. The number of hydrogen-bond donors (Lipinski definition) is 0. The fourth-order valence-electron chi connectivity index (χ4n) is 3.02. The van der Waals surface area contributed by atoms with E-state index in [0.717, 1.165) is 12.1 Å². The monoisotopic (exact) mass is 417 g/mol. The molecule has 1 saturated heterocycles. The topological polar surface area (TPSA) is 90.7 Å². The third-order valence-corrected chi connectivity index (χ3v) is 6.56. The number of hydrogen-bond acceptors (Lipinski definition) is 5. The van der Waals surface area contributed by atoms with Crippen LogP contribution in [0.4, 0.5) is 4.39 Å². The highest BCUT2D eigenvalue weighted by Crippen LogP contribution is 2.19. The van der Waals surface area contributed by atoms with E-state index in [0.29, 0.717) is 11.3 Å². The van der Waals surface area contributed by atoms with Crippen molar-refractivity contribution in [2.24, 2.45) is 0 Å². The Hall–Kier alpha value is -2.96. The van der Waals surface area contributed by atoms with E-state index >= 15 is 0 Å². The van der Waals surface area contributed by atoms with Crippen molar-refractivity contribution in [3.8, 4) is 11.8 Å². The fourth-order valence-corrected chi connectivity index (χ4v) is 4.45. The van der Waals surface area contributed by atoms with Crippen LogP contribution in [0.25, 0.3) is 0 Å². The van der Waals surface area contributed by atoms with Crippen LogP contribution in [-0.4, -0.2) is 55.8 Å². The molecule has 9 heteroatoms. The molecule has 7 nitrogen and oxygen atoms in total. The number of rotatable bonds is 5. The molecule has 0 unspecified atom stereocenters. The number of carbonyl (C=O) groups excluding carboxylic acids is 1. The van der Waals surface area contributed by atoms with Gasteiger partial charge >= 0.3 is 0 Å². The Kier molecular flexibility index (Phi) is 6.15. The number of ether oxygens (including phenoxy) is 1. The summed E-state index contributed by atoms with van der Waals surface area (Å²) in [5.41, 5.74) is 0.495. The normalized spacial score (nSPS) is 16.1. The summed E-state index contributed by atoms with van der Waals surface area (Å²) in [6.45, 7) is 2.40. The van der Waals surface area contributed by atoms with Crippen molar-refractivity contribution in [3.63, 3.8) is 0 Å². The lowest BCUT2D eigenvalue weighted by atomic mass is 10.2. The number of nitriles is 1. The smallest absolute Gasteiger partial charge is 0.263 e. The van der Waals surface area contributed by atoms with Gasteiger partial charge in [0.1, 0.15) is 11.6 Å². The van der Waals surface area contributed by atoms with E-state index in [1.165, 1.54) is 16.4 Å². The summed E-state index contributed by atoms with van der Waals surface area (Å²) in [7, 11) is -3.73. The van der Waals surface area contributed by atoms with Crippen molar-refractivity contribution < 1.29 is 22.3 Å². The molecule has 152 valence electrons. The molecule has 1 atom stereocenters. The number of sulfonamides is 1. The number of nitrogens with zero attached hydrogens (tertiary/aromatic N) is 3. The first-order valence-corrected chi connectivity index (χ1v) is 10.5. The van der Waals surface area contributed by atoms with E-state index in [4.69, 9.17) is 10.00 Å². The van der Waals surface area contributed by atoms with Crippen molar-refractivity contribution in [1.29, 1.82) is 5.26 Å². The number of carbonyl (C=O) groups is 1. The molecular weight excluding hydrogens is 397 g/mol. The largest absolute Gasteiger partial charge is 0.481 e. The van der Waals surface area contributed by atoms with Gasteiger partial charge in [-0.1, -0.05) is 0 Å². The molecule has 0 spiro atoms. The van der Waals surface area contributed by atoms with Crippen molar-refractivity contribution in [2.75, 3.05) is 26.2 Å². The van der Waals surface area contributed by atoms with Crippen LogP contribution in [0.5, 0.6) is 5.75 Å². The van der Waals surface area contributed by atoms with Crippen LogP contribution in [0.1, 0.15) is 12.5 Å². The average Bonchev–Trinajstić information content (AvgIpc) is 2.74. The molecule has 0 saturated carbocycles. The van der Waals surface area contributed by atoms with Gasteiger partial charge in [0.2, 0.25) is 10.0 Å². The minimum absolute atomic E-state index is 0.0243. The van der Waals surface area contributed by atoms with E-state index in [2.05, 4.69) is 0 Å². The number of benzene rings is 2. The summed E-state index contributed by atoms with van der Waals surface area (Å²) in [6.07, 6.45) is -0.747. The fraction of sp³-hybridized carbons (Fsp3) is 0.300. The minimum atomic E-state index is -3.73. The highest BCUT2D eigenvalue weighted by Gasteiger charge is 2.32. The van der Waals surface area contributed by atoms with Gasteiger partial charge in [0.15, 0.2) is 6.10 Å². The van der Waals surface area contributed by atoms with Gasteiger partial charge in [-0.3, -0.25) is 4.79 Å². The number of amides is 1. The molecule has 1 heterocycles. The summed E-state index contributed by atoms with van der Waals surface area (Å²) in [5.74, 6) is -0.272. The second-order valence-electron chi connectivity index (χ2n) is 6.58. The highest BCUT2D eigenvalue weighted by molar-refractivity contribution is 7.89. The lowest BCUT2D eigenvalue weighted by Gasteiger charge is -2.35. The Morgan fingerprint density at radius 2 is 1.66 bits per heavy atom. The van der Waals surface area contributed by atoms with Gasteiger partial charge in [0.25, 0.3) is 5.91 Å². The third kappa shape index (κ3) is 4.72. The molecule has 1 fully saturated rings. The van der Waals surface area contributed by atoms with Crippen LogP contribution in [0.2, 0.25) is 0 Å². The van der Waals surface area contributed by atoms with Gasteiger partial charge in [0.05, 0.1) is 16.5 Å². The molecule has 2 aromatic rings. The van der Waals surface area contributed by atoms with Crippen LogP contribution in [0.3, 0.4) is 0 Å². The number of halogens is 1. The van der Waals surface area contributed by atoms with E-state index in [1.807, 2.05) is 6.07 Å². The van der Waals surface area contributed by atoms with Crippen LogP contribution < -0.4 is 4.74 Å². The maximum absolute atomic E-state index is 13.0. The Labute approximate surface area is 169 Å². The lowest BCUT2D eigenvalue weighted by Crippen LogP contribution is -2.53. The van der Waals surface area contributed by atoms with Crippen LogP contribution in [0.15, 0.2) is 53.4 Å². The van der Waals surface area contributed by atoms with Crippen LogP contribution in [0, 0.1) is 17.1 Å². The maximum Gasteiger partial charge on any atom is 0.263 e. The first-order valence-electron chi connectivity index (χ1n) is 9.02. The minimum Gasteiger partial charge on any atom is -0.481 e. The molecule has 0 radical (unpaired) electrons. The second kappa shape index (κ2) is 8.59.